The fourth-order valence-corrected chi connectivity index (χ4v) is 0. The maximum atomic E-state index is 0. The molecule has 0 radical (unpaired) electrons. The van der Waals surface area contributed by atoms with E-state index in [1.807, 2.05) is 0 Å². The van der Waals surface area contributed by atoms with Gasteiger partial charge < -0.3 is 0 Å². The first-order chi connectivity index (χ1) is 0. The van der Waals surface area contributed by atoms with E-state index in [1.165, 1.54) is 0 Å². The third-order valence-electron chi connectivity index (χ3n) is 0. The maximum Gasteiger partial charge on any atom is 0.316 e. The van der Waals surface area contributed by atoms with Crippen molar-refractivity contribution in [1.29, 1.82) is 0 Å². The normalized spacial score (nSPS) is 0. The molecule has 0 aliphatic carbocycles. The monoisotopic (exact) mass is 182 g/mol. The van der Waals surface area contributed by atoms with E-state index in [2.05, 4.69) is 0 Å². The minimum atomic E-state index is 0. The first kappa shape index (κ1) is 53.7. The molecule has 0 amide bonds. The number of hydrogen-bond acceptors (Lipinski definition) is 0. The van der Waals surface area contributed by atoms with Gasteiger partial charge in [-0.15, -0.1) is 37.2 Å². The summed E-state index contributed by atoms with van der Waals surface area (Å²) in [5.74, 6) is 0. The predicted octanol–water partition coefficient (Wildman–Crippen LogP) is 0.347. The van der Waals surface area contributed by atoms with Crippen LogP contribution in [0.1, 0.15) is 0 Å². The first-order valence-electron chi connectivity index (χ1n) is 0. The van der Waals surface area contributed by atoms with Crippen molar-refractivity contribution in [2.45, 2.75) is 0 Å². The molecule has 0 aliphatic rings. The summed E-state index contributed by atoms with van der Waals surface area (Å²) in [7, 11) is 0. The van der Waals surface area contributed by atoms with E-state index < -0.39 is 0 Å². The van der Waals surface area contributed by atoms with Crippen LogP contribution >= 0.6 is 37.2 Å². The smallest absolute Gasteiger partial charge is 0.147 e. The Balaban J connectivity index is 0. The molecule has 0 nitrogen and oxygen atoms in total. The van der Waals surface area contributed by atoms with Gasteiger partial charge in [-0.2, -0.15) is 0 Å². The maximum absolute atomic E-state index is 0. The topological polar surface area (TPSA) is 0 Å². The molecule has 0 unspecified atom stereocenters. The van der Waals surface area contributed by atoms with E-state index in [9.17, 15) is 0 Å². The van der Waals surface area contributed by atoms with Crippen LogP contribution in [0.25, 0.3) is 0 Å². The van der Waals surface area contributed by atoms with Crippen LogP contribution in [-0.4, -0.2) is 23.1 Å². The predicted molar refractivity (Wildman–Crippen MR) is 30.3 cm³/mol. The van der Waals surface area contributed by atoms with E-state index in [-0.39, 0.29) is 82.0 Å². The Morgan fingerprint density at radius 1 is 0.600 bits per heavy atom. The van der Waals surface area contributed by atoms with Gasteiger partial charge in [0.25, 0.3) is 0 Å². The van der Waals surface area contributed by atoms with Crippen LogP contribution in [0.15, 0.2) is 0 Å². The van der Waals surface area contributed by atoms with Crippen LogP contribution in [0, 0.1) is 0 Å². The van der Waals surface area contributed by atoms with Crippen molar-refractivity contribution in [2.24, 2.45) is 0 Å². The van der Waals surface area contributed by atoms with Crippen LogP contribution in [0.5, 0.6) is 0 Å². The molecule has 0 rings (SSSR count). The Labute approximate surface area is 81.1 Å². The van der Waals surface area contributed by atoms with Crippen molar-refractivity contribution in [3.63, 3.8) is 0 Å². The standard InChI is InChI=1S/3ClH.Mg.Ti.2H/h3*1H;;;;. The fourth-order valence-electron chi connectivity index (χ4n) is 0. The average Bonchev–Trinajstić information content (AvgIpc) is 0. The fraction of sp³-hybridized carbons (Fsp3) is 0. The SMILES string of the molecule is Cl.Cl.Cl.[MgH2].[Ti]. The first-order valence-corrected chi connectivity index (χ1v) is 0. The molecule has 0 bridgehead atoms. The number of rotatable bonds is 0. The summed E-state index contributed by atoms with van der Waals surface area (Å²) in [4.78, 5) is 0. The van der Waals surface area contributed by atoms with Crippen molar-refractivity contribution in [3.05, 3.63) is 0 Å². The summed E-state index contributed by atoms with van der Waals surface area (Å²) in [6, 6.07) is 0. The van der Waals surface area contributed by atoms with Gasteiger partial charge in [0.15, 0.2) is 0 Å². The third kappa shape index (κ3) is 21.8. The van der Waals surface area contributed by atoms with Gasteiger partial charge in [0.1, 0.15) is 0 Å². The van der Waals surface area contributed by atoms with Gasteiger partial charge in [0, 0.05) is 21.7 Å². The van der Waals surface area contributed by atoms with Gasteiger partial charge in [-0.1, -0.05) is 0 Å². The van der Waals surface area contributed by atoms with Gasteiger partial charge >= 0.3 is 23.1 Å². The molecule has 0 aromatic rings. The molecule has 0 aliphatic heterocycles. The van der Waals surface area contributed by atoms with Gasteiger partial charge in [0.2, 0.25) is 0 Å². The zero-order chi connectivity index (χ0) is 0. The number of hydrogen-bond donors (Lipinski definition) is 0. The molecule has 0 spiro atoms. The van der Waals surface area contributed by atoms with Crippen LogP contribution in [0.2, 0.25) is 0 Å². The molecule has 0 N–H and O–H groups in total. The summed E-state index contributed by atoms with van der Waals surface area (Å²) in [6.07, 6.45) is 0. The molecule has 0 aromatic carbocycles. The second-order valence-corrected chi connectivity index (χ2v) is 0. The van der Waals surface area contributed by atoms with Crippen molar-refractivity contribution in [2.75, 3.05) is 0 Å². The largest absolute Gasteiger partial charge is 0.316 e. The summed E-state index contributed by atoms with van der Waals surface area (Å²) in [6.45, 7) is 0. The Morgan fingerprint density at radius 2 is 0.600 bits per heavy atom. The quantitative estimate of drug-likeness (QED) is 0.476. The van der Waals surface area contributed by atoms with Crippen molar-refractivity contribution in [3.8, 4) is 0 Å². The Bertz CT molecular complexity index is 6.85. The van der Waals surface area contributed by atoms with Crippen molar-refractivity contribution in [1.82, 2.24) is 0 Å². The minimum absolute atomic E-state index is 0. The van der Waals surface area contributed by atoms with E-state index in [0.717, 1.165) is 0 Å². The number of halogens is 3. The van der Waals surface area contributed by atoms with Gasteiger partial charge in [-0.25, -0.2) is 0 Å². The second kappa shape index (κ2) is 32.9. The summed E-state index contributed by atoms with van der Waals surface area (Å²) in [5.41, 5.74) is 0. The molecule has 0 aromatic heterocycles. The molecule has 0 heterocycles. The second-order valence-electron chi connectivity index (χ2n) is 0. The van der Waals surface area contributed by atoms with Gasteiger partial charge in [-0.05, 0) is 0 Å². The van der Waals surface area contributed by atoms with E-state index in [4.69, 9.17) is 0 Å². The molecule has 0 fully saturated rings. The summed E-state index contributed by atoms with van der Waals surface area (Å²) in [5, 5.41) is 0. The van der Waals surface area contributed by atoms with Crippen molar-refractivity contribution < 1.29 is 21.7 Å². The Hall–Kier alpha value is 2.35. The molecule has 0 atom stereocenters. The minimum Gasteiger partial charge on any atom is -0.147 e. The third-order valence-corrected chi connectivity index (χ3v) is 0. The Morgan fingerprint density at radius 3 is 0.600 bits per heavy atom. The Kier molecular flexibility index (Phi) is 353. The molecule has 5 heavy (non-hydrogen) atoms. The van der Waals surface area contributed by atoms with Crippen LogP contribution in [-0.2, 0) is 21.7 Å². The van der Waals surface area contributed by atoms with E-state index in [0.29, 0.717) is 0 Å². The molecular weight excluding hydrogens is 179 g/mol. The average molecular weight is 184 g/mol. The van der Waals surface area contributed by atoms with Crippen LogP contribution < -0.4 is 0 Å². The molecule has 0 saturated heterocycles. The van der Waals surface area contributed by atoms with Gasteiger partial charge in [-0.3, -0.25) is 0 Å². The van der Waals surface area contributed by atoms with Crippen molar-refractivity contribution >= 4 is 60.3 Å². The van der Waals surface area contributed by atoms with Gasteiger partial charge in [0.05, 0.1) is 0 Å². The zero-order valence-electron chi connectivity index (χ0n) is 1.72. The molecular formula is H5Cl3MgTi. The molecule has 5 heteroatoms. The van der Waals surface area contributed by atoms with E-state index >= 15 is 0 Å². The molecule has 32 valence electrons. The molecule has 0 saturated carbocycles. The van der Waals surface area contributed by atoms with Crippen LogP contribution in [0.4, 0.5) is 0 Å². The summed E-state index contributed by atoms with van der Waals surface area (Å²) >= 11 is 0. The zero-order valence-corrected chi connectivity index (χ0v) is 5.74. The van der Waals surface area contributed by atoms with Crippen LogP contribution in [0.3, 0.4) is 0 Å². The van der Waals surface area contributed by atoms with E-state index in [1.54, 1.807) is 0 Å². The summed E-state index contributed by atoms with van der Waals surface area (Å²) < 4.78 is 0.